The van der Waals surface area contributed by atoms with Crippen molar-refractivity contribution in [3.8, 4) is 0 Å². The zero-order chi connectivity index (χ0) is 17.6. The fourth-order valence-corrected chi connectivity index (χ4v) is 1.67. The van der Waals surface area contributed by atoms with E-state index in [2.05, 4.69) is 26.3 Å². The van der Waals surface area contributed by atoms with Gasteiger partial charge in [-0.15, -0.1) is 19.7 Å². The van der Waals surface area contributed by atoms with Crippen molar-refractivity contribution in [3.63, 3.8) is 0 Å². The second kappa shape index (κ2) is 12.8. The monoisotopic (exact) mass is 324 g/mol. The lowest BCUT2D eigenvalue weighted by Crippen LogP contribution is -2.42. The number of hydrogen-bond donors (Lipinski definition) is 0. The third-order valence-corrected chi connectivity index (χ3v) is 2.79. The van der Waals surface area contributed by atoms with Gasteiger partial charge < -0.3 is 18.9 Å². The Kier molecular flexibility index (Phi) is 11.9. The summed E-state index contributed by atoms with van der Waals surface area (Å²) >= 11 is 0. The minimum Gasteiger partial charge on any atom is -0.461 e. The van der Waals surface area contributed by atoms with Crippen molar-refractivity contribution in [3.05, 3.63) is 50.1 Å². The van der Waals surface area contributed by atoms with Crippen LogP contribution in [0, 0.1) is 5.41 Å². The quantitative estimate of drug-likeness (QED) is 0.201. The average molecular weight is 324 g/mol. The van der Waals surface area contributed by atoms with Crippen LogP contribution in [0.4, 0.5) is 0 Å². The summed E-state index contributed by atoms with van der Waals surface area (Å²) in [5, 5.41) is 0. The van der Waals surface area contributed by atoms with Crippen LogP contribution >= 0.6 is 0 Å². The van der Waals surface area contributed by atoms with Crippen LogP contribution in [0.2, 0.25) is 0 Å². The van der Waals surface area contributed by atoms with Gasteiger partial charge in [-0.3, -0.25) is 0 Å². The van der Waals surface area contributed by atoms with Crippen molar-refractivity contribution in [2.24, 2.45) is 5.41 Å². The molecule has 0 aromatic rings. The summed E-state index contributed by atoms with van der Waals surface area (Å²) in [7, 11) is 0. The van der Waals surface area contributed by atoms with E-state index in [0.717, 1.165) is 0 Å². The first-order chi connectivity index (χ1) is 11.0. The normalized spacial score (nSPS) is 10.8. The summed E-state index contributed by atoms with van der Waals surface area (Å²) < 4.78 is 22.0. The Hall–Kier alpha value is -1.69. The highest BCUT2D eigenvalue weighted by atomic mass is 16.5. The fourth-order valence-electron chi connectivity index (χ4n) is 1.67. The van der Waals surface area contributed by atoms with E-state index >= 15 is 0 Å². The second-order valence-electron chi connectivity index (χ2n) is 5.27. The molecule has 0 spiro atoms. The van der Waals surface area contributed by atoms with E-state index in [1.165, 1.54) is 0 Å². The molecule has 0 saturated heterocycles. The zero-order valence-electron chi connectivity index (χ0n) is 14.1. The Morgan fingerprint density at radius 2 is 1.26 bits per heavy atom. The number of carbonyl (C=O) groups is 1. The maximum absolute atomic E-state index is 11.7. The Morgan fingerprint density at radius 1 is 0.870 bits per heavy atom. The molecule has 0 atom stereocenters. The van der Waals surface area contributed by atoms with E-state index < -0.39 is 11.4 Å². The molecular formula is C18H28O5. The van der Waals surface area contributed by atoms with E-state index in [9.17, 15) is 4.79 Å². The summed E-state index contributed by atoms with van der Waals surface area (Å²) in [6, 6.07) is 0. The number of carbonyl (C=O) groups excluding carboxylic acids is 1. The van der Waals surface area contributed by atoms with Gasteiger partial charge in [-0.25, -0.2) is 4.79 Å². The standard InChI is InChI=1S/C18H28O5/c1-6-9-20-12-18(13-21-10-7-2,14-22-11-8-3)15-23-17(19)16(4)5/h6-8H,1-4,9-15H2,5H3. The van der Waals surface area contributed by atoms with E-state index in [-0.39, 0.29) is 6.61 Å². The first-order valence-electron chi connectivity index (χ1n) is 7.40. The van der Waals surface area contributed by atoms with Gasteiger partial charge in [-0.05, 0) is 6.92 Å². The van der Waals surface area contributed by atoms with Crippen molar-refractivity contribution in [1.29, 1.82) is 0 Å². The van der Waals surface area contributed by atoms with E-state index in [1.54, 1.807) is 25.2 Å². The molecule has 0 radical (unpaired) electrons. The van der Waals surface area contributed by atoms with Crippen LogP contribution in [0.1, 0.15) is 6.92 Å². The summed E-state index contributed by atoms with van der Waals surface area (Å²) in [5.74, 6) is -0.453. The lowest BCUT2D eigenvalue weighted by molar-refractivity contribution is -0.150. The van der Waals surface area contributed by atoms with Gasteiger partial charge in [0.05, 0.1) is 45.1 Å². The van der Waals surface area contributed by atoms with Crippen LogP contribution in [0.5, 0.6) is 0 Å². The molecule has 23 heavy (non-hydrogen) atoms. The highest BCUT2D eigenvalue weighted by Crippen LogP contribution is 2.21. The smallest absolute Gasteiger partial charge is 0.333 e. The SMILES string of the molecule is C=CCOCC(COCC=C)(COCC=C)COC(=O)C(=C)C. The topological polar surface area (TPSA) is 54.0 Å². The molecule has 0 N–H and O–H groups in total. The Morgan fingerprint density at radius 3 is 1.57 bits per heavy atom. The molecule has 5 heteroatoms. The predicted octanol–water partition coefficient (Wildman–Crippen LogP) is 2.70. The lowest BCUT2D eigenvalue weighted by Gasteiger charge is -2.32. The highest BCUT2D eigenvalue weighted by molar-refractivity contribution is 5.86. The molecule has 0 rings (SSSR count). The lowest BCUT2D eigenvalue weighted by atomic mass is 9.92. The molecule has 0 bridgehead atoms. The van der Waals surface area contributed by atoms with Gasteiger partial charge in [0.2, 0.25) is 0 Å². The van der Waals surface area contributed by atoms with Crippen LogP contribution in [0.15, 0.2) is 50.1 Å². The number of hydrogen-bond acceptors (Lipinski definition) is 5. The molecule has 0 saturated carbocycles. The minimum absolute atomic E-state index is 0.101. The first kappa shape index (κ1) is 21.3. The molecule has 0 aliphatic carbocycles. The molecule has 0 fully saturated rings. The largest absolute Gasteiger partial charge is 0.461 e. The van der Waals surface area contributed by atoms with Gasteiger partial charge in [0, 0.05) is 5.57 Å². The van der Waals surface area contributed by atoms with Gasteiger partial charge in [0.15, 0.2) is 0 Å². The van der Waals surface area contributed by atoms with Crippen LogP contribution in [0.25, 0.3) is 0 Å². The Labute approximate surface area is 139 Å². The number of esters is 1. The van der Waals surface area contributed by atoms with Gasteiger partial charge in [-0.1, -0.05) is 24.8 Å². The minimum atomic E-state index is -0.625. The van der Waals surface area contributed by atoms with Crippen LogP contribution in [-0.4, -0.2) is 52.2 Å². The van der Waals surface area contributed by atoms with Crippen LogP contribution in [-0.2, 0) is 23.7 Å². The summed E-state index contributed by atoms with van der Waals surface area (Å²) in [6.07, 6.45) is 4.96. The van der Waals surface area contributed by atoms with Crippen molar-refractivity contribution in [2.75, 3.05) is 46.2 Å². The third-order valence-electron chi connectivity index (χ3n) is 2.79. The van der Waals surface area contributed by atoms with Crippen LogP contribution in [0.3, 0.4) is 0 Å². The van der Waals surface area contributed by atoms with Gasteiger partial charge >= 0.3 is 5.97 Å². The fraction of sp³-hybridized carbons (Fsp3) is 0.500. The highest BCUT2D eigenvalue weighted by Gasteiger charge is 2.33. The number of ether oxygens (including phenoxy) is 4. The zero-order valence-corrected chi connectivity index (χ0v) is 14.1. The number of rotatable bonds is 15. The molecule has 0 amide bonds. The van der Waals surface area contributed by atoms with Crippen LogP contribution < -0.4 is 0 Å². The third kappa shape index (κ3) is 9.84. The van der Waals surface area contributed by atoms with Crippen molar-refractivity contribution >= 4 is 5.97 Å². The van der Waals surface area contributed by atoms with E-state index in [4.69, 9.17) is 18.9 Å². The van der Waals surface area contributed by atoms with Crippen molar-refractivity contribution in [2.45, 2.75) is 6.92 Å². The average Bonchev–Trinajstić information content (AvgIpc) is 2.53. The molecule has 0 aliphatic rings. The van der Waals surface area contributed by atoms with E-state index in [0.29, 0.717) is 45.2 Å². The molecule has 0 aromatic carbocycles. The molecule has 5 nitrogen and oxygen atoms in total. The summed E-state index contributed by atoms with van der Waals surface area (Å²) in [5.41, 5.74) is -0.287. The predicted molar refractivity (Wildman–Crippen MR) is 91.3 cm³/mol. The maximum atomic E-state index is 11.7. The van der Waals surface area contributed by atoms with Gasteiger partial charge in [0.1, 0.15) is 6.61 Å². The molecule has 0 aliphatic heterocycles. The maximum Gasteiger partial charge on any atom is 0.333 e. The summed E-state index contributed by atoms with van der Waals surface area (Å²) in [4.78, 5) is 11.7. The molecule has 0 unspecified atom stereocenters. The van der Waals surface area contributed by atoms with Crippen molar-refractivity contribution in [1.82, 2.24) is 0 Å². The Bertz CT molecular complexity index is 364. The van der Waals surface area contributed by atoms with E-state index in [1.807, 2.05) is 0 Å². The second-order valence-corrected chi connectivity index (χ2v) is 5.27. The van der Waals surface area contributed by atoms with Gasteiger partial charge in [0.25, 0.3) is 0 Å². The first-order valence-corrected chi connectivity index (χ1v) is 7.40. The molecule has 130 valence electrons. The summed E-state index contributed by atoms with van der Waals surface area (Å²) in [6.45, 7) is 18.2. The van der Waals surface area contributed by atoms with Gasteiger partial charge in [-0.2, -0.15) is 0 Å². The van der Waals surface area contributed by atoms with Crippen molar-refractivity contribution < 1.29 is 23.7 Å². The molecule has 0 heterocycles. The molecule has 0 aromatic heterocycles. The Balaban J connectivity index is 4.94. The molecular weight excluding hydrogens is 296 g/mol.